The van der Waals surface area contributed by atoms with Crippen molar-refractivity contribution in [1.82, 2.24) is 4.72 Å². The van der Waals surface area contributed by atoms with Gasteiger partial charge in [0.25, 0.3) is 10.0 Å². The van der Waals surface area contributed by atoms with Crippen molar-refractivity contribution in [2.45, 2.75) is 24.7 Å². The zero-order valence-corrected chi connectivity index (χ0v) is 9.38. The third-order valence-corrected chi connectivity index (χ3v) is 3.32. The highest BCUT2D eigenvalue weighted by Crippen LogP contribution is 2.22. The van der Waals surface area contributed by atoms with Crippen LogP contribution in [0, 0.1) is 11.5 Å². The van der Waals surface area contributed by atoms with Crippen molar-refractivity contribution in [3.05, 3.63) is 29.8 Å². The Morgan fingerprint density at radius 1 is 1.40 bits per heavy atom. The molecule has 0 heterocycles. The maximum atomic E-state index is 11.6. The molecule has 0 unspecified atom stereocenters. The average Bonchev–Trinajstić information content (AvgIpc) is 2.17. The van der Waals surface area contributed by atoms with Gasteiger partial charge in [0.2, 0.25) is 0 Å². The number of benzene rings is 1. The van der Waals surface area contributed by atoms with Crippen molar-refractivity contribution in [3.8, 4) is 6.19 Å². The van der Waals surface area contributed by atoms with Gasteiger partial charge in [-0.25, -0.2) is 13.1 Å². The molecule has 0 aliphatic carbocycles. The van der Waals surface area contributed by atoms with E-state index in [9.17, 15) is 8.42 Å². The van der Waals surface area contributed by atoms with Crippen LogP contribution in [0.3, 0.4) is 0 Å². The molecule has 0 amide bonds. The Hall–Kier alpha value is -1.54. The lowest BCUT2D eigenvalue weighted by Crippen LogP contribution is -2.19. The molecule has 0 aromatic heterocycles. The quantitative estimate of drug-likeness (QED) is 0.631. The van der Waals surface area contributed by atoms with Crippen LogP contribution in [0.15, 0.2) is 29.2 Å². The van der Waals surface area contributed by atoms with Crippen LogP contribution in [0.4, 0.5) is 0 Å². The Kier molecular flexibility index (Phi) is 3.32. The minimum absolute atomic E-state index is 0. The van der Waals surface area contributed by atoms with E-state index in [1.807, 2.05) is 18.6 Å². The van der Waals surface area contributed by atoms with E-state index in [2.05, 4.69) is 0 Å². The second kappa shape index (κ2) is 4.32. The molecule has 15 heavy (non-hydrogen) atoms. The first-order chi connectivity index (χ1) is 6.99. The van der Waals surface area contributed by atoms with Crippen molar-refractivity contribution >= 4 is 10.0 Å². The van der Waals surface area contributed by atoms with Crippen LogP contribution in [0.5, 0.6) is 0 Å². The summed E-state index contributed by atoms with van der Waals surface area (Å²) in [6, 6.07) is 6.66. The second-order valence-electron chi connectivity index (χ2n) is 3.41. The normalized spacial score (nSPS) is 11.1. The van der Waals surface area contributed by atoms with E-state index in [1.165, 1.54) is 12.3 Å². The fourth-order valence-electron chi connectivity index (χ4n) is 1.32. The van der Waals surface area contributed by atoms with Gasteiger partial charge >= 0.3 is 0 Å². The predicted octanol–water partition coefficient (Wildman–Crippen LogP) is 1.82. The van der Waals surface area contributed by atoms with E-state index < -0.39 is 10.0 Å². The lowest BCUT2D eigenvalue weighted by atomic mass is 10.0. The lowest BCUT2D eigenvalue weighted by molar-refractivity contribution is 0.589. The number of hydrogen-bond acceptors (Lipinski definition) is 3. The largest absolute Gasteiger partial charge is 0.270 e. The van der Waals surface area contributed by atoms with Gasteiger partial charge in [0.05, 0.1) is 4.90 Å². The minimum atomic E-state index is -3.70. The first-order valence-electron chi connectivity index (χ1n) is 4.49. The molecular formula is C10H14N2O2S. The van der Waals surface area contributed by atoms with E-state index in [1.54, 1.807) is 18.2 Å². The number of hydrogen-bond donors (Lipinski definition) is 1. The number of nitriles is 1. The van der Waals surface area contributed by atoms with Crippen LogP contribution < -0.4 is 4.72 Å². The Labute approximate surface area is 91.1 Å². The van der Waals surface area contributed by atoms with Crippen molar-refractivity contribution in [2.75, 3.05) is 0 Å². The molecule has 0 bridgehead atoms. The molecule has 1 aromatic rings. The van der Waals surface area contributed by atoms with Gasteiger partial charge in [-0.1, -0.05) is 32.0 Å². The number of nitrogens with one attached hydrogen (secondary N) is 1. The molecule has 0 saturated carbocycles. The molecule has 82 valence electrons. The van der Waals surface area contributed by atoms with Crippen molar-refractivity contribution in [3.63, 3.8) is 0 Å². The van der Waals surface area contributed by atoms with Crippen LogP contribution >= 0.6 is 0 Å². The van der Waals surface area contributed by atoms with Crippen molar-refractivity contribution in [1.29, 1.82) is 5.26 Å². The summed E-state index contributed by atoms with van der Waals surface area (Å²) in [5, 5.41) is 8.35. The Balaban J connectivity index is 0.00000225. The summed E-state index contributed by atoms with van der Waals surface area (Å²) >= 11 is 0. The van der Waals surface area contributed by atoms with Crippen LogP contribution in [0.25, 0.3) is 0 Å². The number of nitrogens with zero attached hydrogens (tertiary/aromatic N) is 1. The van der Waals surface area contributed by atoms with Crippen molar-refractivity contribution in [2.24, 2.45) is 0 Å². The molecule has 0 saturated heterocycles. The Bertz CT molecular complexity index is 492. The molecule has 0 atom stereocenters. The number of sulfonamides is 1. The van der Waals surface area contributed by atoms with E-state index in [4.69, 9.17) is 5.26 Å². The van der Waals surface area contributed by atoms with Crippen LogP contribution in [-0.4, -0.2) is 8.42 Å². The van der Waals surface area contributed by atoms with Gasteiger partial charge in [-0.05, 0) is 17.5 Å². The zero-order chi connectivity index (χ0) is 11.5. The highest BCUT2D eigenvalue weighted by atomic mass is 32.2. The van der Waals surface area contributed by atoms with Crippen molar-refractivity contribution < 1.29 is 9.84 Å². The molecule has 0 aliphatic heterocycles. The third kappa shape index (κ3) is 2.48. The molecule has 1 aromatic carbocycles. The van der Waals surface area contributed by atoms with E-state index in [0.717, 1.165) is 0 Å². The highest BCUT2D eigenvalue weighted by Gasteiger charge is 2.18. The SMILES string of the molecule is CC(C)c1ccccc1S(=O)(=O)NC#N.[HH]. The third-order valence-electron chi connectivity index (χ3n) is 2.01. The van der Waals surface area contributed by atoms with Gasteiger partial charge in [-0.3, -0.25) is 0 Å². The topological polar surface area (TPSA) is 70.0 Å². The minimum Gasteiger partial charge on any atom is -0.215 e. The summed E-state index contributed by atoms with van der Waals surface area (Å²) in [6.45, 7) is 3.81. The standard InChI is InChI=1S/C10H12N2O2S.H2/c1-8(2)9-5-3-4-6-10(9)15(13,14)12-7-11;/h3-6,8,12H,1-2H3;1H. The maximum absolute atomic E-state index is 11.6. The van der Waals surface area contributed by atoms with E-state index in [0.29, 0.717) is 5.56 Å². The molecule has 0 aliphatic rings. The maximum Gasteiger partial charge on any atom is 0.270 e. The van der Waals surface area contributed by atoms with Gasteiger partial charge in [0.15, 0.2) is 6.19 Å². The molecule has 5 heteroatoms. The van der Waals surface area contributed by atoms with Gasteiger partial charge in [-0.15, -0.1) is 0 Å². The van der Waals surface area contributed by atoms with Gasteiger partial charge < -0.3 is 0 Å². The smallest absolute Gasteiger partial charge is 0.215 e. The molecule has 1 N–H and O–H groups in total. The van der Waals surface area contributed by atoms with Crippen LogP contribution in [-0.2, 0) is 10.0 Å². The summed E-state index contributed by atoms with van der Waals surface area (Å²) in [4.78, 5) is 0.168. The molecule has 0 spiro atoms. The molecular weight excluding hydrogens is 212 g/mol. The Morgan fingerprint density at radius 2 is 2.00 bits per heavy atom. The van der Waals surface area contributed by atoms with Crippen LogP contribution in [0.2, 0.25) is 0 Å². The monoisotopic (exact) mass is 226 g/mol. The fraction of sp³-hybridized carbons (Fsp3) is 0.300. The summed E-state index contributed by atoms with van der Waals surface area (Å²) in [7, 11) is -3.70. The highest BCUT2D eigenvalue weighted by molar-refractivity contribution is 7.89. The van der Waals surface area contributed by atoms with Gasteiger partial charge in [0, 0.05) is 1.43 Å². The average molecular weight is 226 g/mol. The molecule has 0 radical (unpaired) electrons. The fourth-order valence-corrected chi connectivity index (χ4v) is 2.42. The zero-order valence-electron chi connectivity index (χ0n) is 8.56. The molecule has 4 nitrogen and oxygen atoms in total. The predicted molar refractivity (Wildman–Crippen MR) is 58.6 cm³/mol. The second-order valence-corrected chi connectivity index (χ2v) is 5.06. The summed E-state index contributed by atoms with van der Waals surface area (Å²) in [5.41, 5.74) is 0.709. The van der Waals surface area contributed by atoms with E-state index in [-0.39, 0.29) is 12.2 Å². The number of rotatable bonds is 3. The summed E-state index contributed by atoms with van der Waals surface area (Å²) in [5.74, 6) is 0.0940. The van der Waals surface area contributed by atoms with Crippen LogP contribution in [0.1, 0.15) is 26.8 Å². The first-order valence-corrected chi connectivity index (χ1v) is 5.97. The molecule has 1 rings (SSSR count). The first kappa shape index (κ1) is 11.5. The Morgan fingerprint density at radius 3 is 2.53 bits per heavy atom. The van der Waals surface area contributed by atoms with Gasteiger partial charge in [0.1, 0.15) is 0 Å². The van der Waals surface area contributed by atoms with E-state index >= 15 is 0 Å². The molecule has 0 fully saturated rings. The van der Waals surface area contributed by atoms with Gasteiger partial charge in [-0.2, -0.15) is 5.26 Å². The lowest BCUT2D eigenvalue weighted by Gasteiger charge is -2.11. The summed E-state index contributed by atoms with van der Waals surface area (Å²) < 4.78 is 25.1. The summed E-state index contributed by atoms with van der Waals surface area (Å²) in [6.07, 6.45) is 1.43.